The molecule has 0 amide bonds. The van der Waals surface area contributed by atoms with Crippen LogP contribution in [0.4, 0.5) is 0 Å². The van der Waals surface area contributed by atoms with Gasteiger partial charge in [-0.15, -0.1) is 0 Å². The van der Waals surface area contributed by atoms with Gasteiger partial charge in [0.25, 0.3) is 0 Å². The fourth-order valence-electron chi connectivity index (χ4n) is 8.18. The van der Waals surface area contributed by atoms with E-state index in [4.69, 9.17) is 0 Å². The molecule has 0 aromatic rings. The van der Waals surface area contributed by atoms with Gasteiger partial charge in [0, 0.05) is 0 Å². The second kappa shape index (κ2) is 15.8. The quantitative estimate of drug-likeness (QED) is 0.118. The second-order valence-corrected chi connectivity index (χ2v) is 19.8. The molecular weight excluding hydrogens is 468 g/mol. The van der Waals surface area contributed by atoms with Crippen molar-refractivity contribution in [1.29, 1.82) is 0 Å². The first-order valence-electron chi connectivity index (χ1n) is 17.0. The van der Waals surface area contributed by atoms with Crippen LogP contribution in [-0.4, -0.2) is 0 Å². The number of hydrogen-bond donors (Lipinski definition) is 0. The van der Waals surface area contributed by atoms with Gasteiger partial charge in [0.05, 0.1) is 0 Å². The molecule has 0 aromatic heterocycles. The number of allylic oxidation sites excluding steroid dienone is 2. The number of rotatable bonds is 18. The van der Waals surface area contributed by atoms with Gasteiger partial charge in [-0.05, 0) is 95.7 Å². The van der Waals surface area contributed by atoms with Crippen molar-refractivity contribution in [3.05, 3.63) is 12.2 Å². The molecule has 0 fully saturated rings. The van der Waals surface area contributed by atoms with E-state index < -0.39 is 0 Å². The molecule has 234 valence electrons. The Hall–Kier alpha value is -0.260. The Bertz CT molecular complexity index is 664. The molecule has 0 heteroatoms. The van der Waals surface area contributed by atoms with Crippen LogP contribution in [0, 0.1) is 44.3 Å². The summed E-state index contributed by atoms with van der Waals surface area (Å²) in [6, 6.07) is 0. The Morgan fingerprint density at radius 2 is 0.846 bits per heavy atom. The summed E-state index contributed by atoms with van der Waals surface area (Å²) in [5, 5.41) is 0. The van der Waals surface area contributed by atoms with E-state index in [2.05, 4.69) is 123 Å². The maximum Gasteiger partial charge on any atom is -0.0299 e. The third-order valence-electron chi connectivity index (χ3n) is 8.55. The molecule has 2 atom stereocenters. The highest BCUT2D eigenvalue weighted by Crippen LogP contribution is 2.40. The van der Waals surface area contributed by atoms with Gasteiger partial charge in [-0.25, -0.2) is 0 Å². The Morgan fingerprint density at radius 1 is 0.462 bits per heavy atom. The highest BCUT2D eigenvalue weighted by atomic mass is 14.3. The van der Waals surface area contributed by atoms with Crippen LogP contribution in [0.1, 0.15) is 194 Å². The van der Waals surface area contributed by atoms with E-state index in [9.17, 15) is 0 Å². The SMILES string of the molecule is CC(CCCCC(C)(C)CC(C)(C)C)C(C/C=C\CC(C)(C)CC(C)(C)C)CCCCC(C)(C)CC(C)(C)C. The summed E-state index contributed by atoms with van der Waals surface area (Å²) < 4.78 is 0. The van der Waals surface area contributed by atoms with Crippen molar-refractivity contribution in [2.75, 3.05) is 0 Å². The predicted octanol–water partition coefficient (Wildman–Crippen LogP) is 14.1. The fraction of sp³-hybridized carbons (Fsp3) is 0.949. The maximum atomic E-state index is 2.56. The van der Waals surface area contributed by atoms with E-state index in [1.54, 1.807) is 0 Å². The van der Waals surface area contributed by atoms with Gasteiger partial charge < -0.3 is 0 Å². The molecular formula is C39H78. The molecule has 0 saturated carbocycles. The lowest BCUT2D eigenvalue weighted by Crippen LogP contribution is -2.21. The average Bonchev–Trinajstić information content (AvgIpc) is 2.64. The van der Waals surface area contributed by atoms with Crippen LogP contribution in [0.25, 0.3) is 0 Å². The third kappa shape index (κ3) is 23.0. The molecule has 0 spiro atoms. The molecule has 0 N–H and O–H groups in total. The van der Waals surface area contributed by atoms with Crippen molar-refractivity contribution in [2.45, 2.75) is 194 Å². The lowest BCUT2D eigenvalue weighted by Gasteiger charge is -2.33. The molecule has 0 aliphatic carbocycles. The molecule has 0 rings (SSSR count). The highest BCUT2D eigenvalue weighted by molar-refractivity contribution is 4.91. The first-order chi connectivity index (χ1) is 17.3. The summed E-state index contributed by atoms with van der Waals surface area (Å²) in [7, 11) is 0. The van der Waals surface area contributed by atoms with Gasteiger partial charge >= 0.3 is 0 Å². The van der Waals surface area contributed by atoms with Gasteiger partial charge in [-0.1, -0.05) is 155 Å². The molecule has 0 saturated heterocycles. The minimum atomic E-state index is 0.383. The van der Waals surface area contributed by atoms with E-state index in [-0.39, 0.29) is 0 Å². The largest absolute Gasteiger partial charge is 0.0882 e. The summed E-state index contributed by atoms with van der Waals surface area (Å²) in [5.74, 6) is 1.66. The Morgan fingerprint density at radius 3 is 1.26 bits per heavy atom. The van der Waals surface area contributed by atoms with E-state index in [0.29, 0.717) is 32.5 Å². The molecule has 39 heavy (non-hydrogen) atoms. The molecule has 0 aliphatic heterocycles. The zero-order valence-corrected chi connectivity index (χ0v) is 30.5. The van der Waals surface area contributed by atoms with Crippen LogP contribution in [-0.2, 0) is 0 Å². The second-order valence-electron chi connectivity index (χ2n) is 19.8. The van der Waals surface area contributed by atoms with Crippen LogP contribution in [0.15, 0.2) is 12.2 Å². The number of hydrogen-bond acceptors (Lipinski definition) is 0. The summed E-state index contributed by atoms with van der Waals surface area (Å²) in [6.07, 6.45) is 22.6. The smallest absolute Gasteiger partial charge is 0.0299 e. The van der Waals surface area contributed by atoms with Gasteiger partial charge in [-0.2, -0.15) is 0 Å². The van der Waals surface area contributed by atoms with Crippen molar-refractivity contribution in [3.63, 3.8) is 0 Å². The molecule has 0 aliphatic rings. The predicted molar refractivity (Wildman–Crippen MR) is 182 cm³/mol. The summed E-state index contributed by atoms with van der Waals surface area (Å²) in [4.78, 5) is 0. The van der Waals surface area contributed by atoms with Crippen molar-refractivity contribution < 1.29 is 0 Å². The van der Waals surface area contributed by atoms with E-state index >= 15 is 0 Å². The Balaban J connectivity index is 5.01. The van der Waals surface area contributed by atoms with E-state index in [1.807, 2.05) is 0 Å². The Labute approximate surface area is 250 Å². The van der Waals surface area contributed by atoms with Gasteiger partial charge in [0.1, 0.15) is 0 Å². The minimum absolute atomic E-state index is 0.383. The van der Waals surface area contributed by atoms with Gasteiger partial charge in [0.15, 0.2) is 0 Å². The molecule has 0 nitrogen and oxygen atoms in total. The molecule has 0 heterocycles. The minimum Gasteiger partial charge on any atom is -0.0882 e. The lowest BCUT2D eigenvalue weighted by molar-refractivity contribution is 0.187. The van der Waals surface area contributed by atoms with Gasteiger partial charge in [0.2, 0.25) is 0 Å². The molecule has 0 radical (unpaired) electrons. The summed E-state index contributed by atoms with van der Waals surface area (Å²) in [5.41, 5.74) is 2.55. The van der Waals surface area contributed by atoms with E-state index in [0.717, 1.165) is 11.8 Å². The average molecular weight is 547 g/mol. The third-order valence-corrected chi connectivity index (χ3v) is 8.55. The zero-order valence-electron chi connectivity index (χ0n) is 30.5. The topological polar surface area (TPSA) is 0 Å². The first-order valence-corrected chi connectivity index (χ1v) is 17.0. The fourth-order valence-corrected chi connectivity index (χ4v) is 8.18. The normalized spacial score (nSPS) is 16.2. The summed E-state index contributed by atoms with van der Waals surface area (Å²) >= 11 is 0. The molecule has 0 bridgehead atoms. The van der Waals surface area contributed by atoms with Crippen LogP contribution in [0.5, 0.6) is 0 Å². The molecule has 0 aromatic carbocycles. The highest BCUT2D eigenvalue weighted by Gasteiger charge is 2.27. The number of unbranched alkanes of at least 4 members (excludes halogenated alkanes) is 2. The monoisotopic (exact) mass is 547 g/mol. The standard InChI is InChI=1S/C39H78/c1-32(23-17-20-26-37(11,12)29-34(2,3)4)33(24-18-21-27-38(13,14)30-35(5,6)7)25-19-22-28-39(15,16)31-36(8,9)10/h18,21,32-33H,17,19-20,22-31H2,1-16H3/b21-18-. The van der Waals surface area contributed by atoms with Crippen molar-refractivity contribution in [3.8, 4) is 0 Å². The first kappa shape index (κ1) is 38.7. The van der Waals surface area contributed by atoms with E-state index in [1.165, 1.54) is 83.5 Å². The Kier molecular flexibility index (Phi) is 15.7. The molecule has 2 unspecified atom stereocenters. The maximum absolute atomic E-state index is 2.56. The lowest BCUT2D eigenvalue weighted by atomic mass is 9.73. The van der Waals surface area contributed by atoms with Crippen molar-refractivity contribution >= 4 is 0 Å². The van der Waals surface area contributed by atoms with Crippen molar-refractivity contribution in [2.24, 2.45) is 44.3 Å². The van der Waals surface area contributed by atoms with Crippen LogP contribution < -0.4 is 0 Å². The van der Waals surface area contributed by atoms with Gasteiger partial charge in [-0.3, -0.25) is 0 Å². The zero-order chi connectivity index (χ0) is 30.8. The van der Waals surface area contributed by atoms with Crippen molar-refractivity contribution in [1.82, 2.24) is 0 Å². The van der Waals surface area contributed by atoms with Crippen LogP contribution >= 0.6 is 0 Å². The van der Waals surface area contributed by atoms with Crippen LogP contribution in [0.2, 0.25) is 0 Å². The van der Waals surface area contributed by atoms with Crippen LogP contribution in [0.3, 0.4) is 0 Å². The summed E-state index contributed by atoms with van der Waals surface area (Å²) in [6.45, 7) is 38.9.